The Hall–Kier alpha value is -2.62. The first-order valence-electron chi connectivity index (χ1n) is 5.84. The molecule has 0 saturated carbocycles. The van der Waals surface area contributed by atoms with Gasteiger partial charge in [0.1, 0.15) is 0 Å². The predicted octanol–water partition coefficient (Wildman–Crippen LogP) is 2.47. The van der Waals surface area contributed by atoms with Crippen molar-refractivity contribution in [1.82, 2.24) is 0 Å². The summed E-state index contributed by atoms with van der Waals surface area (Å²) < 4.78 is 0. The van der Waals surface area contributed by atoms with Crippen LogP contribution in [0.2, 0.25) is 0 Å². The fraction of sp³-hybridized carbons (Fsp3) is 0.0667. The minimum absolute atomic E-state index is 0.171. The van der Waals surface area contributed by atoms with E-state index in [9.17, 15) is 4.79 Å². The molecule has 0 aliphatic carbocycles. The van der Waals surface area contributed by atoms with Crippen LogP contribution in [0.3, 0.4) is 0 Å². The van der Waals surface area contributed by atoms with Gasteiger partial charge in [-0.3, -0.25) is 0 Å². The molecule has 0 radical (unpaired) electrons. The van der Waals surface area contributed by atoms with E-state index >= 15 is 0 Å². The summed E-state index contributed by atoms with van der Waals surface area (Å²) in [6.07, 6.45) is 0. The van der Waals surface area contributed by atoms with Gasteiger partial charge < -0.3 is 10.6 Å². The van der Waals surface area contributed by atoms with Crippen LogP contribution in [0.15, 0.2) is 59.8 Å². The number of benzene rings is 2. The summed E-state index contributed by atoms with van der Waals surface area (Å²) in [6, 6.07) is 16.1. The Kier molecular flexibility index (Phi) is 3.93. The molecule has 4 heteroatoms. The van der Waals surface area contributed by atoms with Crippen LogP contribution in [-0.2, 0) is 4.84 Å². The number of hydrogen-bond acceptors (Lipinski definition) is 3. The molecule has 0 aliphatic heterocycles. The zero-order chi connectivity index (χ0) is 13.7. The van der Waals surface area contributed by atoms with Crippen LogP contribution in [0.25, 0.3) is 0 Å². The molecule has 2 aromatic rings. The van der Waals surface area contributed by atoms with Crippen molar-refractivity contribution in [2.75, 3.05) is 0 Å². The summed E-state index contributed by atoms with van der Waals surface area (Å²) in [7, 11) is 0. The van der Waals surface area contributed by atoms with Crippen molar-refractivity contribution >= 4 is 11.8 Å². The quantitative estimate of drug-likeness (QED) is 0.396. The first-order chi connectivity index (χ1) is 9.16. The van der Waals surface area contributed by atoms with E-state index in [1.165, 1.54) is 0 Å². The second-order valence-electron chi connectivity index (χ2n) is 4.09. The van der Waals surface area contributed by atoms with Crippen molar-refractivity contribution in [3.05, 3.63) is 71.3 Å². The van der Waals surface area contributed by atoms with Crippen LogP contribution in [-0.4, -0.2) is 11.8 Å². The molecule has 0 fully saturated rings. The van der Waals surface area contributed by atoms with Gasteiger partial charge >= 0.3 is 5.97 Å². The Morgan fingerprint density at radius 2 is 1.63 bits per heavy atom. The fourth-order valence-corrected chi connectivity index (χ4v) is 1.49. The zero-order valence-electron chi connectivity index (χ0n) is 10.5. The Balaban J connectivity index is 2.06. The molecular formula is C15H14N2O2. The molecule has 0 saturated heterocycles. The first-order valence-corrected chi connectivity index (χ1v) is 5.84. The number of nitrogens with two attached hydrogens (primary N) is 1. The molecule has 96 valence electrons. The Labute approximate surface area is 111 Å². The molecule has 2 N–H and O–H groups in total. The second kappa shape index (κ2) is 5.82. The largest absolute Gasteiger partial charge is 0.380 e. The van der Waals surface area contributed by atoms with Crippen molar-refractivity contribution < 1.29 is 9.63 Å². The van der Waals surface area contributed by atoms with E-state index in [-0.39, 0.29) is 5.84 Å². The van der Waals surface area contributed by atoms with E-state index in [1.807, 2.05) is 37.3 Å². The molecule has 0 amide bonds. The number of rotatable bonds is 3. The van der Waals surface area contributed by atoms with Gasteiger partial charge in [0.25, 0.3) is 0 Å². The summed E-state index contributed by atoms with van der Waals surface area (Å²) in [4.78, 5) is 16.4. The van der Waals surface area contributed by atoms with E-state index in [2.05, 4.69) is 5.16 Å². The summed E-state index contributed by atoms with van der Waals surface area (Å²) in [5, 5.41) is 3.65. The van der Waals surface area contributed by atoms with Gasteiger partial charge in [-0.15, -0.1) is 0 Å². The maximum Gasteiger partial charge on any atom is 0.365 e. The van der Waals surface area contributed by atoms with Crippen molar-refractivity contribution in [2.45, 2.75) is 6.92 Å². The molecule has 4 nitrogen and oxygen atoms in total. The summed E-state index contributed by atoms with van der Waals surface area (Å²) >= 11 is 0. The van der Waals surface area contributed by atoms with Gasteiger partial charge in [0.05, 0.1) is 5.56 Å². The Morgan fingerprint density at radius 3 is 2.26 bits per heavy atom. The lowest BCUT2D eigenvalue weighted by Gasteiger charge is -2.01. The molecule has 0 aromatic heterocycles. The van der Waals surface area contributed by atoms with Crippen LogP contribution in [0.4, 0.5) is 0 Å². The number of carbonyl (C=O) groups is 1. The molecule has 0 spiro atoms. The average molecular weight is 254 g/mol. The molecule has 0 bridgehead atoms. The molecule has 2 aromatic carbocycles. The molecule has 19 heavy (non-hydrogen) atoms. The van der Waals surface area contributed by atoms with Gasteiger partial charge in [-0.2, -0.15) is 0 Å². The highest BCUT2D eigenvalue weighted by Crippen LogP contribution is 2.04. The standard InChI is InChI=1S/C15H14N2O2/c1-11-7-9-12(10-8-11)14(16)17-19-15(18)13-5-3-2-4-6-13/h2-10H,1H3,(H2,16,17). The molecule has 0 atom stereocenters. The van der Waals surface area contributed by atoms with Gasteiger partial charge in [0, 0.05) is 5.56 Å². The predicted molar refractivity (Wildman–Crippen MR) is 73.8 cm³/mol. The molecule has 2 rings (SSSR count). The highest BCUT2D eigenvalue weighted by molar-refractivity contribution is 5.98. The average Bonchev–Trinajstić information content (AvgIpc) is 2.46. The van der Waals surface area contributed by atoms with Gasteiger partial charge in [-0.1, -0.05) is 53.2 Å². The lowest BCUT2D eigenvalue weighted by molar-refractivity contribution is 0.0516. The van der Waals surface area contributed by atoms with Crippen molar-refractivity contribution in [3.8, 4) is 0 Å². The first kappa shape index (κ1) is 12.8. The van der Waals surface area contributed by atoms with Gasteiger partial charge in [-0.05, 0) is 19.1 Å². The molecular weight excluding hydrogens is 240 g/mol. The lowest BCUT2D eigenvalue weighted by Crippen LogP contribution is -2.15. The minimum atomic E-state index is -0.532. The summed E-state index contributed by atoms with van der Waals surface area (Å²) in [6.45, 7) is 1.98. The SMILES string of the molecule is Cc1ccc(C(N)=NOC(=O)c2ccccc2)cc1. The van der Waals surface area contributed by atoms with Gasteiger partial charge in [0.15, 0.2) is 5.84 Å². The number of amidine groups is 1. The topological polar surface area (TPSA) is 64.7 Å². The Bertz CT molecular complexity index is 589. The van der Waals surface area contributed by atoms with Crippen molar-refractivity contribution in [2.24, 2.45) is 10.9 Å². The summed E-state index contributed by atoms with van der Waals surface area (Å²) in [5.74, 6) is -0.361. The van der Waals surface area contributed by atoms with Crippen LogP contribution >= 0.6 is 0 Å². The summed E-state index contributed by atoms with van der Waals surface area (Å²) in [5.41, 5.74) is 8.01. The van der Waals surface area contributed by atoms with Crippen LogP contribution in [0.1, 0.15) is 21.5 Å². The lowest BCUT2D eigenvalue weighted by atomic mass is 10.1. The minimum Gasteiger partial charge on any atom is -0.380 e. The number of nitrogens with zero attached hydrogens (tertiary/aromatic N) is 1. The smallest absolute Gasteiger partial charge is 0.365 e. The maximum atomic E-state index is 11.6. The third kappa shape index (κ3) is 3.42. The molecule has 0 heterocycles. The zero-order valence-corrected chi connectivity index (χ0v) is 10.5. The second-order valence-corrected chi connectivity index (χ2v) is 4.09. The van der Waals surface area contributed by atoms with Gasteiger partial charge in [-0.25, -0.2) is 4.79 Å². The van der Waals surface area contributed by atoms with E-state index in [0.29, 0.717) is 11.1 Å². The van der Waals surface area contributed by atoms with Crippen LogP contribution in [0.5, 0.6) is 0 Å². The van der Waals surface area contributed by atoms with Crippen molar-refractivity contribution in [1.29, 1.82) is 0 Å². The van der Waals surface area contributed by atoms with E-state index < -0.39 is 5.97 Å². The fourth-order valence-electron chi connectivity index (χ4n) is 1.49. The third-order valence-electron chi connectivity index (χ3n) is 2.58. The van der Waals surface area contributed by atoms with E-state index in [0.717, 1.165) is 5.56 Å². The number of hydrogen-bond donors (Lipinski definition) is 1. The van der Waals surface area contributed by atoms with E-state index in [4.69, 9.17) is 10.6 Å². The normalized spacial score (nSPS) is 11.1. The number of carbonyl (C=O) groups excluding carboxylic acids is 1. The Morgan fingerprint density at radius 1 is 1.00 bits per heavy atom. The van der Waals surface area contributed by atoms with E-state index in [1.54, 1.807) is 24.3 Å². The number of aryl methyl sites for hydroxylation is 1. The molecule has 0 aliphatic rings. The van der Waals surface area contributed by atoms with Crippen molar-refractivity contribution in [3.63, 3.8) is 0 Å². The maximum absolute atomic E-state index is 11.6. The highest BCUT2D eigenvalue weighted by atomic mass is 16.7. The monoisotopic (exact) mass is 254 g/mol. The van der Waals surface area contributed by atoms with Crippen LogP contribution < -0.4 is 5.73 Å². The van der Waals surface area contributed by atoms with Crippen LogP contribution in [0, 0.1) is 6.92 Å². The third-order valence-corrected chi connectivity index (χ3v) is 2.58. The molecule has 0 unspecified atom stereocenters. The number of oxime groups is 1. The highest BCUT2D eigenvalue weighted by Gasteiger charge is 2.06. The van der Waals surface area contributed by atoms with Gasteiger partial charge in [0.2, 0.25) is 0 Å².